The number of hydrogen-bond donors (Lipinski definition) is 0. The summed E-state index contributed by atoms with van der Waals surface area (Å²) in [5.74, 6) is 0. The number of rotatable bonds is 1. The molecule has 0 amide bonds. The van der Waals surface area contributed by atoms with Crippen molar-refractivity contribution in [1.82, 2.24) is 0 Å². The van der Waals surface area contributed by atoms with Crippen LogP contribution in [0.5, 0.6) is 0 Å². The summed E-state index contributed by atoms with van der Waals surface area (Å²) in [6, 6.07) is 0. The first-order chi connectivity index (χ1) is 2.41. The highest BCUT2D eigenvalue weighted by Gasteiger charge is 1.55. The molecule has 0 aromatic carbocycles. The fraction of sp³-hybridized carbons (Fsp3) is 0.333. The van der Waals surface area contributed by atoms with Crippen molar-refractivity contribution in [1.29, 1.82) is 0 Å². The van der Waals surface area contributed by atoms with E-state index in [9.17, 15) is 0 Å². The van der Waals surface area contributed by atoms with Gasteiger partial charge in [-0.05, 0) is 0 Å². The summed E-state index contributed by atoms with van der Waals surface area (Å²) in [4.78, 5) is 0. The summed E-state index contributed by atoms with van der Waals surface area (Å²) in [6.45, 7) is 0. The monoisotopic (exact) mass is 154 g/mol. The molecule has 0 N–H and O–H groups in total. The minimum absolute atomic E-state index is 0.844. The van der Waals surface area contributed by atoms with Crippen LogP contribution in [0.25, 0.3) is 0 Å². The standard InChI is InChI=1S/C3H4BrCl/c4-2-1-3-5/h1,3H,2H2/b3-1+. The van der Waals surface area contributed by atoms with Crippen LogP contribution >= 0.6 is 27.5 Å². The molecule has 0 heterocycles. The molecular formula is C3H4BrCl. The lowest BCUT2D eigenvalue weighted by atomic mass is 10.8. The van der Waals surface area contributed by atoms with Gasteiger partial charge in [0.2, 0.25) is 0 Å². The highest BCUT2D eigenvalue weighted by Crippen LogP contribution is 1.82. The molecule has 0 aliphatic heterocycles. The Morgan fingerprint density at radius 2 is 2.40 bits per heavy atom. The van der Waals surface area contributed by atoms with E-state index in [4.69, 9.17) is 11.6 Å². The Labute approximate surface area is 45.0 Å². The van der Waals surface area contributed by atoms with E-state index in [1.54, 1.807) is 0 Å². The normalized spacial score (nSPS) is 10.0. The Morgan fingerprint density at radius 3 is 2.40 bits per heavy atom. The van der Waals surface area contributed by atoms with Gasteiger partial charge in [0.15, 0.2) is 0 Å². The first-order valence-electron chi connectivity index (χ1n) is 1.23. The van der Waals surface area contributed by atoms with Gasteiger partial charge in [-0.25, -0.2) is 0 Å². The fourth-order valence-electron chi connectivity index (χ4n) is 0.0337. The van der Waals surface area contributed by atoms with E-state index in [0.29, 0.717) is 0 Å². The lowest BCUT2D eigenvalue weighted by Crippen LogP contribution is -1.47. The van der Waals surface area contributed by atoms with Gasteiger partial charge in [-0.2, -0.15) is 0 Å². The van der Waals surface area contributed by atoms with Crippen LogP contribution in [0.1, 0.15) is 0 Å². The molecule has 0 saturated carbocycles. The molecule has 0 atom stereocenters. The molecule has 0 nitrogen and oxygen atoms in total. The SMILES string of the molecule is Cl/C=C/CBr. The summed E-state index contributed by atoms with van der Waals surface area (Å²) in [6.07, 6.45) is 1.81. The van der Waals surface area contributed by atoms with Crippen LogP contribution < -0.4 is 0 Å². The first-order valence-corrected chi connectivity index (χ1v) is 2.78. The van der Waals surface area contributed by atoms with Gasteiger partial charge in [-0.3, -0.25) is 0 Å². The molecule has 0 saturated heterocycles. The van der Waals surface area contributed by atoms with Crippen molar-refractivity contribution < 1.29 is 0 Å². The predicted octanol–water partition coefficient (Wildman–Crippen LogP) is 2.13. The third-order valence-corrected chi connectivity index (χ3v) is 0.730. The van der Waals surface area contributed by atoms with Crippen LogP contribution in [0, 0.1) is 0 Å². The highest BCUT2D eigenvalue weighted by molar-refractivity contribution is 9.09. The van der Waals surface area contributed by atoms with Gasteiger partial charge in [-0.1, -0.05) is 33.6 Å². The third-order valence-electron chi connectivity index (χ3n) is 0.178. The van der Waals surface area contributed by atoms with E-state index in [-0.39, 0.29) is 0 Å². The predicted molar refractivity (Wildman–Crippen MR) is 28.8 cm³/mol. The Balaban J connectivity index is 2.62. The molecule has 0 rings (SSSR count). The molecule has 0 radical (unpaired) electrons. The maximum atomic E-state index is 5.09. The molecule has 0 bridgehead atoms. The van der Waals surface area contributed by atoms with E-state index in [0.717, 1.165) is 5.33 Å². The van der Waals surface area contributed by atoms with Crippen LogP contribution in [0.3, 0.4) is 0 Å². The second kappa shape index (κ2) is 4.51. The minimum Gasteiger partial charge on any atom is -0.0933 e. The fourth-order valence-corrected chi connectivity index (χ4v) is 0.525. The molecular weight excluding hydrogens is 151 g/mol. The lowest BCUT2D eigenvalue weighted by molar-refractivity contribution is 1.85. The van der Waals surface area contributed by atoms with E-state index >= 15 is 0 Å². The Hall–Kier alpha value is 0.510. The summed E-state index contributed by atoms with van der Waals surface area (Å²) in [5.41, 5.74) is 1.48. The van der Waals surface area contributed by atoms with Crippen molar-refractivity contribution in [3.8, 4) is 0 Å². The second-order valence-electron chi connectivity index (χ2n) is 0.516. The van der Waals surface area contributed by atoms with Crippen LogP contribution in [0.2, 0.25) is 0 Å². The molecule has 0 aromatic rings. The average molecular weight is 155 g/mol. The quantitative estimate of drug-likeness (QED) is 0.509. The number of alkyl halides is 1. The van der Waals surface area contributed by atoms with E-state index in [2.05, 4.69) is 15.9 Å². The molecule has 0 aliphatic rings. The maximum absolute atomic E-state index is 5.09. The van der Waals surface area contributed by atoms with Crippen molar-refractivity contribution in [2.24, 2.45) is 0 Å². The lowest BCUT2D eigenvalue weighted by Gasteiger charge is -1.61. The van der Waals surface area contributed by atoms with Crippen LogP contribution in [0.15, 0.2) is 11.6 Å². The van der Waals surface area contributed by atoms with Gasteiger partial charge in [0.25, 0.3) is 0 Å². The van der Waals surface area contributed by atoms with Crippen LogP contribution in [0.4, 0.5) is 0 Å². The first kappa shape index (κ1) is 5.51. The molecule has 0 unspecified atom stereocenters. The van der Waals surface area contributed by atoms with Gasteiger partial charge in [-0.15, -0.1) is 0 Å². The molecule has 0 spiro atoms. The zero-order chi connectivity index (χ0) is 4.12. The summed E-state index contributed by atoms with van der Waals surface area (Å²) < 4.78 is 0. The molecule has 0 aromatic heterocycles. The minimum atomic E-state index is 0.844. The van der Waals surface area contributed by atoms with Gasteiger partial charge in [0.05, 0.1) is 0 Å². The number of halogens is 2. The van der Waals surface area contributed by atoms with Crippen LogP contribution in [-0.4, -0.2) is 5.33 Å². The largest absolute Gasteiger partial charge is 0.0933 e. The van der Waals surface area contributed by atoms with E-state index in [1.807, 2.05) is 6.08 Å². The third kappa shape index (κ3) is 4.51. The van der Waals surface area contributed by atoms with E-state index < -0.39 is 0 Å². The molecule has 30 valence electrons. The summed E-state index contributed by atoms with van der Waals surface area (Å²) >= 11 is 8.23. The Kier molecular flexibility index (Phi) is 4.97. The number of hydrogen-bond acceptors (Lipinski definition) is 0. The van der Waals surface area contributed by atoms with Crippen LogP contribution in [-0.2, 0) is 0 Å². The molecule has 2 heteroatoms. The zero-order valence-electron chi connectivity index (χ0n) is 2.62. The summed E-state index contributed by atoms with van der Waals surface area (Å²) in [5, 5.41) is 0.844. The maximum Gasteiger partial charge on any atom is 0.0223 e. The Bertz CT molecular complexity index is 33.9. The second-order valence-corrected chi connectivity index (χ2v) is 1.42. The van der Waals surface area contributed by atoms with Crippen molar-refractivity contribution in [2.45, 2.75) is 0 Å². The van der Waals surface area contributed by atoms with Gasteiger partial charge >= 0.3 is 0 Å². The summed E-state index contributed by atoms with van der Waals surface area (Å²) in [7, 11) is 0. The van der Waals surface area contributed by atoms with Crippen molar-refractivity contribution in [2.75, 3.05) is 5.33 Å². The van der Waals surface area contributed by atoms with Gasteiger partial charge in [0.1, 0.15) is 0 Å². The van der Waals surface area contributed by atoms with Crippen molar-refractivity contribution >= 4 is 27.5 Å². The smallest absolute Gasteiger partial charge is 0.0223 e. The number of allylic oxidation sites excluding steroid dienone is 1. The molecule has 0 aliphatic carbocycles. The highest BCUT2D eigenvalue weighted by atomic mass is 79.9. The Morgan fingerprint density at radius 1 is 1.80 bits per heavy atom. The van der Waals surface area contributed by atoms with Crippen molar-refractivity contribution in [3.63, 3.8) is 0 Å². The molecule has 0 fully saturated rings. The molecule has 5 heavy (non-hydrogen) atoms. The topological polar surface area (TPSA) is 0 Å². The van der Waals surface area contributed by atoms with Gasteiger partial charge in [0, 0.05) is 10.9 Å². The zero-order valence-corrected chi connectivity index (χ0v) is 4.96. The van der Waals surface area contributed by atoms with E-state index in [1.165, 1.54) is 5.54 Å². The average Bonchev–Trinajstić information content (AvgIpc) is 1.41. The van der Waals surface area contributed by atoms with Crippen molar-refractivity contribution in [3.05, 3.63) is 11.6 Å². The van der Waals surface area contributed by atoms with Gasteiger partial charge < -0.3 is 0 Å².